The number of hydrogen-bond donors (Lipinski definition) is 0. The van der Waals surface area contributed by atoms with Crippen LogP contribution in [0.25, 0.3) is 0 Å². The second-order valence-electron chi connectivity index (χ2n) is 7.59. The molecule has 2 fully saturated rings. The van der Waals surface area contributed by atoms with Crippen LogP contribution < -0.4 is 19.3 Å². The van der Waals surface area contributed by atoms with Gasteiger partial charge in [0.1, 0.15) is 11.5 Å². The van der Waals surface area contributed by atoms with Crippen molar-refractivity contribution in [2.45, 2.75) is 6.42 Å². The van der Waals surface area contributed by atoms with Crippen molar-refractivity contribution >= 4 is 23.2 Å². The predicted molar refractivity (Wildman–Crippen MR) is 115 cm³/mol. The standard InChI is InChI=1S/C23H27N3O4/c1-29-19-8-9-21(30-2)20(15-19)26-16-17(14-22(26)27)23(28)25-12-10-24(11-13-25)18-6-4-3-5-7-18/h3-9,15,17H,10-14,16H2,1-2H3/t17-/m0/s1. The lowest BCUT2D eigenvalue weighted by Crippen LogP contribution is -2.50. The van der Waals surface area contributed by atoms with E-state index in [1.54, 1.807) is 37.3 Å². The van der Waals surface area contributed by atoms with Crippen LogP contribution in [0.5, 0.6) is 11.5 Å². The molecular formula is C23H27N3O4. The summed E-state index contributed by atoms with van der Waals surface area (Å²) in [4.78, 5) is 31.7. The summed E-state index contributed by atoms with van der Waals surface area (Å²) in [5, 5.41) is 0. The van der Waals surface area contributed by atoms with Gasteiger partial charge in [-0.1, -0.05) is 18.2 Å². The van der Waals surface area contributed by atoms with E-state index in [9.17, 15) is 9.59 Å². The van der Waals surface area contributed by atoms with E-state index in [1.807, 2.05) is 23.1 Å². The molecule has 0 aromatic heterocycles. The fourth-order valence-corrected chi connectivity index (χ4v) is 4.20. The highest BCUT2D eigenvalue weighted by atomic mass is 16.5. The van der Waals surface area contributed by atoms with Crippen molar-refractivity contribution in [3.63, 3.8) is 0 Å². The highest BCUT2D eigenvalue weighted by Gasteiger charge is 2.39. The first-order valence-corrected chi connectivity index (χ1v) is 10.2. The first-order chi connectivity index (χ1) is 14.6. The zero-order chi connectivity index (χ0) is 21.1. The Balaban J connectivity index is 1.42. The summed E-state index contributed by atoms with van der Waals surface area (Å²) in [5.74, 6) is 0.888. The summed E-state index contributed by atoms with van der Waals surface area (Å²) in [7, 11) is 3.15. The van der Waals surface area contributed by atoms with Crippen LogP contribution in [0.1, 0.15) is 6.42 Å². The SMILES string of the molecule is COc1ccc(OC)c(N2C[C@@H](C(=O)N3CCN(c4ccccc4)CC3)CC2=O)c1. The van der Waals surface area contributed by atoms with E-state index in [4.69, 9.17) is 9.47 Å². The number of rotatable bonds is 5. The molecule has 4 rings (SSSR count). The van der Waals surface area contributed by atoms with Crippen LogP contribution in [0.3, 0.4) is 0 Å². The van der Waals surface area contributed by atoms with Gasteiger partial charge in [-0.05, 0) is 24.3 Å². The highest BCUT2D eigenvalue weighted by molar-refractivity contribution is 6.01. The van der Waals surface area contributed by atoms with Gasteiger partial charge in [0, 0.05) is 50.9 Å². The minimum atomic E-state index is -0.336. The maximum atomic E-state index is 13.1. The summed E-state index contributed by atoms with van der Waals surface area (Å²) < 4.78 is 10.7. The van der Waals surface area contributed by atoms with Gasteiger partial charge in [-0.2, -0.15) is 0 Å². The fourth-order valence-electron chi connectivity index (χ4n) is 4.20. The molecule has 2 amide bonds. The van der Waals surface area contributed by atoms with E-state index in [0.29, 0.717) is 36.8 Å². The molecule has 0 aliphatic carbocycles. The van der Waals surface area contributed by atoms with Crippen LogP contribution in [0, 0.1) is 5.92 Å². The Kier molecular flexibility index (Phi) is 5.79. The van der Waals surface area contributed by atoms with Crippen molar-refractivity contribution < 1.29 is 19.1 Å². The lowest BCUT2D eigenvalue weighted by molar-refractivity contribution is -0.136. The molecular weight excluding hydrogens is 382 g/mol. The Bertz CT molecular complexity index is 910. The second kappa shape index (κ2) is 8.65. The number of anilines is 2. The molecule has 2 saturated heterocycles. The van der Waals surface area contributed by atoms with Crippen LogP contribution in [0.2, 0.25) is 0 Å². The normalized spacial score (nSPS) is 19.2. The van der Waals surface area contributed by atoms with Crippen LogP contribution in [-0.2, 0) is 9.59 Å². The molecule has 0 radical (unpaired) electrons. The zero-order valence-electron chi connectivity index (χ0n) is 17.4. The average molecular weight is 409 g/mol. The molecule has 2 aliphatic heterocycles. The van der Waals surface area contributed by atoms with E-state index >= 15 is 0 Å². The first-order valence-electron chi connectivity index (χ1n) is 10.2. The number of methoxy groups -OCH3 is 2. The van der Waals surface area contributed by atoms with E-state index < -0.39 is 0 Å². The van der Waals surface area contributed by atoms with Gasteiger partial charge in [0.15, 0.2) is 0 Å². The molecule has 0 unspecified atom stereocenters. The summed E-state index contributed by atoms with van der Waals surface area (Å²) in [5.41, 5.74) is 1.82. The maximum absolute atomic E-state index is 13.1. The number of carbonyl (C=O) groups excluding carboxylic acids is 2. The molecule has 2 aliphatic rings. The van der Waals surface area contributed by atoms with E-state index in [1.165, 1.54) is 5.69 Å². The number of ether oxygens (including phenoxy) is 2. The number of amides is 2. The summed E-state index contributed by atoms with van der Waals surface area (Å²) in [6.45, 7) is 3.29. The number of piperazine rings is 1. The largest absolute Gasteiger partial charge is 0.497 e. The van der Waals surface area contributed by atoms with Crippen molar-refractivity contribution in [3.05, 3.63) is 48.5 Å². The molecule has 7 nitrogen and oxygen atoms in total. The van der Waals surface area contributed by atoms with Gasteiger partial charge in [-0.3, -0.25) is 9.59 Å². The van der Waals surface area contributed by atoms with E-state index in [2.05, 4.69) is 17.0 Å². The molecule has 0 spiro atoms. The minimum Gasteiger partial charge on any atom is -0.497 e. The Hall–Kier alpha value is -3.22. The molecule has 158 valence electrons. The average Bonchev–Trinajstić information content (AvgIpc) is 3.20. The van der Waals surface area contributed by atoms with Crippen LogP contribution in [-0.4, -0.2) is 63.7 Å². The lowest BCUT2D eigenvalue weighted by Gasteiger charge is -2.37. The number of carbonyl (C=O) groups is 2. The van der Waals surface area contributed by atoms with Gasteiger partial charge < -0.3 is 24.2 Å². The number of nitrogens with zero attached hydrogens (tertiary/aromatic N) is 3. The lowest BCUT2D eigenvalue weighted by atomic mass is 10.1. The van der Waals surface area contributed by atoms with Crippen molar-refractivity contribution in [1.29, 1.82) is 0 Å². The third-order valence-electron chi connectivity index (χ3n) is 5.86. The van der Waals surface area contributed by atoms with Gasteiger partial charge in [0.05, 0.1) is 25.8 Å². The molecule has 2 aromatic carbocycles. The van der Waals surface area contributed by atoms with Crippen LogP contribution >= 0.6 is 0 Å². The molecule has 7 heteroatoms. The Morgan fingerprint density at radius 1 is 0.967 bits per heavy atom. The van der Waals surface area contributed by atoms with Gasteiger partial charge in [0.25, 0.3) is 0 Å². The highest BCUT2D eigenvalue weighted by Crippen LogP contribution is 2.36. The topological polar surface area (TPSA) is 62.3 Å². The smallest absolute Gasteiger partial charge is 0.228 e. The number of para-hydroxylation sites is 1. The second-order valence-corrected chi connectivity index (χ2v) is 7.59. The van der Waals surface area contributed by atoms with Crippen LogP contribution in [0.15, 0.2) is 48.5 Å². The number of benzene rings is 2. The van der Waals surface area contributed by atoms with Crippen molar-refractivity contribution in [2.24, 2.45) is 5.92 Å². The molecule has 0 bridgehead atoms. The van der Waals surface area contributed by atoms with Gasteiger partial charge in [-0.15, -0.1) is 0 Å². The van der Waals surface area contributed by atoms with Crippen molar-refractivity contribution in [1.82, 2.24) is 4.90 Å². The molecule has 2 aromatic rings. The third kappa shape index (κ3) is 3.92. The summed E-state index contributed by atoms with van der Waals surface area (Å²) >= 11 is 0. The van der Waals surface area contributed by atoms with Gasteiger partial charge in [-0.25, -0.2) is 0 Å². The Morgan fingerprint density at radius 3 is 2.37 bits per heavy atom. The minimum absolute atomic E-state index is 0.0559. The predicted octanol–water partition coefficient (Wildman–Crippen LogP) is 2.41. The molecule has 0 N–H and O–H groups in total. The first kappa shape index (κ1) is 20.1. The molecule has 1 atom stereocenters. The molecule has 0 saturated carbocycles. The molecule has 2 heterocycles. The number of hydrogen-bond acceptors (Lipinski definition) is 5. The third-order valence-corrected chi connectivity index (χ3v) is 5.86. The maximum Gasteiger partial charge on any atom is 0.228 e. The van der Waals surface area contributed by atoms with Gasteiger partial charge >= 0.3 is 0 Å². The monoisotopic (exact) mass is 409 g/mol. The fraction of sp³-hybridized carbons (Fsp3) is 0.391. The quantitative estimate of drug-likeness (QED) is 0.759. The molecule has 30 heavy (non-hydrogen) atoms. The van der Waals surface area contributed by atoms with E-state index in [0.717, 1.165) is 13.1 Å². The van der Waals surface area contributed by atoms with Crippen molar-refractivity contribution in [2.75, 3.05) is 56.7 Å². The Labute approximate surface area is 176 Å². The van der Waals surface area contributed by atoms with E-state index in [-0.39, 0.29) is 24.2 Å². The van der Waals surface area contributed by atoms with Gasteiger partial charge in [0.2, 0.25) is 11.8 Å². The summed E-state index contributed by atoms with van der Waals surface area (Å²) in [6.07, 6.45) is 0.220. The summed E-state index contributed by atoms with van der Waals surface area (Å²) in [6, 6.07) is 15.6. The zero-order valence-corrected chi connectivity index (χ0v) is 17.4. The van der Waals surface area contributed by atoms with Crippen molar-refractivity contribution in [3.8, 4) is 11.5 Å². The van der Waals surface area contributed by atoms with Crippen LogP contribution in [0.4, 0.5) is 11.4 Å². The Morgan fingerprint density at radius 2 is 1.70 bits per heavy atom.